The summed E-state index contributed by atoms with van der Waals surface area (Å²) in [5.74, 6) is -2.53. The van der Waals surface area contributed by atoms with Crippen molar-refractivity contribution < 1.29 is 39.1 Å². The first-order chi connectivity index (χ1) is 18.2. The molecule has 0 saturated carbocycles. The lowest BCUT2D eigenvalue weighted by Gasteiger charge is -2.48. The molecule has 0 unspecified atom stereocenters. The highest BCUT2D eigenvalue weighted by Gasteiger charge is 2.53. The molecule has 2 aliphatic heterocycles. The predicted octanol–water partition coefficient (Wildman–Crippen LogP) is 1.08. The Hall–Kier alpha value is -4.57. The Morgan fingerprint density at radius 1 is 1.29 bits per heavy atom. The van der Waals surface area contributed by atoms with Crippen molar-refractivity contribution in [2.45, 2.75) is 18.0 Å². The smallest absolute Gasteiger partial charge is 0.352 e. The number of aromatic nitrogens is 2. The largest absolute Gasteiger partial charge is 0.504 e. The molecule has 14 nitrogen and oxygen atoms in total. The van der Waals surface area contributed by atoms with Crippen LogP contribution in [0.25, 0.3) is 11.3 Å². The predicted molar refractivity (Wildman–Crippen MR) is 134 cm³/mol. The SMILES string of the molecule is Nc1nc(/C(=N/OCc2cc(-c3ccc(O)c(O)c3)no2)C(=O)N[C@@H]2C(=O)N3C(C(=O)O)=CCS[C@H]23)cs1. The van der Waals surface area contributed by atoms with E-state index in [9.17, 15) is 29.7 Å². The number of carboxylic acids is 1. The molecule has 196 valence electrons. The van der Waals surface area contributed by atoms with E-state index < -0.39 is 29.2 Å². The Kier molecular flexibility index (Phi) is 6.64. The topological polar surface area (TPSA) is 214 Å². The van der Waals surface area contributed by atoms with E-state index in [0.29, 0.717) is 17.0 Å². The standard InChI is InChI=1S/C22H18N6O8S2/c23-22-24-12(8-38-22)16(18(31)25-17-19(32)28-13(21(33)34)3-4-37-20(17)28)27-35-7-10-6-11(26-36-10)9-1-2-14(29)15(30)5-9/h1-3,5-6,8,17,20,29-30H,4,7H2,(H2,23,24)(H,25,31)(H,33,34)/b27-16-/t17-,20-/m1/s1. The van der Waals surface area contributed by atoms with Crippen molar-refractivity contribution in [1.29, 1.82) is 0 Å². The van der Waals surface area contributed by atoms with E-state index in [0.717, 1.165) is 16.2 Å². The summed E-state index contributed by atoms with van der Waals surface area (Å²) in [6, 6.07) is 4.72. The number of thioether (sulfide) groups is 1. The van der Waals surface area contributed by atoms with Crippen LogP contribution in [0.15, 0.2) is 51.1 Å². The second-order valence-electron chi connectivity index (χ2n) is 7.94. The fourth-order valence-corrected chi connectivity index (χ4v) is 5.45. The normalized spacial score (nSPS) is 18.8. The average Bonchev–Trinajstić information content (AvgIpc) is 3.55. The minimum Gasteiger partial charge on any atom is -0.504 e. The molecule has 2 atom stereocenters. The van der Waals surface area contributed by atoms with E-state index in [2.05, 4.69) is 20.6 Å². The number of nitrogens with two attached hydrogens (primary N) is 1. The summed E-state index contributed by atoms with van der Waals surface area (Å²) in [7, 11) is 0. The molecule has 1 aromatic carbocycles. The molecule has 0 radical (unpaired) electrons. The minimum atomic E-state index is -1.22. The third-order valence-corrected chi connectivity index (χ3v) is 7.38. The Morgan fingerprint density at radius 3 is 2.82 bits per heavy atom. The number of thiazole rings is 1. The molecule has 4 heterocycles. The van der Waals surface area contributed by atoms with Crippen LogP contribution in [0.1, 0.15) is 11.5 Å². The van der Waals surface area contributed by atoms with Crippen molar-refractivity contribution >= 4 is 51.7 Å². The molecule has 2 aliphatic rings. The number of carbonyl (C=O) groups is 3. The van der Waals surface area contributed by atoms with Crippen LogP contribution in [-0.4, -0.2) is 71.0 Å². The van der Waals surface area contributed by atoms with Crippen LogP contribution in [0.3, 0.4) is 0 Å². The number of fused-ring (bicyclic) bond motifs is 1. The van der Waals surface area contributed by atoms with E-state index in [-0.39, 0.29) is 46.1 Å². The molecular weight excluding hydrogens is 540 g/mol. The zero-order valence-electron chi connectivity index (χ0n) is 19.1. The molecule has 0 aliphatic carbocycles. The van der Waals surface area contributed by atoms with Gasteiger partial charge in [-0.1, -0.05) is 10.3 Å². The average molecular weight is 559 g/mol. The molecule has 1 saturated heterocycles. The first kappa shape index (κ1) is 25.1. The molecule has 2 amide bonds. The van der Waals surface area contributed by atoms with Gasteiger partial charge in [0.05, 0.1) is 0 Å². The second kappa shape index (κ2) is 10.1. The number of nitrogen functional groups attached to an aromatic ring is 1. The number of nitrogens with one attached hydrogen (secondary N) is 1. The molecule has 2 aromatic heterocycles. The number of carbonyl (C=O) groups excluding carboxylic acids is 2. The summed E-state index contributed by atoms with van der Waals surface area (Å²) in [6.45, 7) is -0.227. The summed E-state index contributed by atoms with van der Waals surface area (Å²) in [4.78, 5) is 47.6. The number of hydrogen-bond acceptors (Lipinski definition) is 13. The van der Waals surface area contributed by atoms with Gasteiger partial charge < -0.3 is 35.7 Å². The summed E-state index contributed by atoms with van der Waals surface area (Å²) in [5.41, 5.74) is 6.30. The van der Waals surface area contributed by atoms with Crippen LogP contribution in [0.5, 0.6) is 11.5 Å². The van der Waals surface area contributed by atoms with Crippen LogP contribution >= 0.6 is 23.1 Å². The number of β-lactam (4-membered cyclic amide) rings is 1. The maximum atomic E-state index is 13.1. The van der Waals surface area contributed by atoms with E-state index in [1.54, 1.807) is 0 Å². The number of hydrogen-bond donors (Lipinski definition) is 5. The van der Waals surface area contributed by atoms with E-state index in [4.69, 9.17) is 15.1 Å². The van der Waals surface area contributed by atoms with Gasteiger partial charge in [0.2, 0.25) is 0 Å². The van der Waals surface area contributed by atoms with Crippen LogP contribution < -0.4 is 11.1 Å². The van der Waals surface area contributed by atoms with Crippen molar-refractivity contribution in [3.8, 4) is 22.8 Å². The number of benzene rings is 1. The summed E-state index contributed by atoms with van der Waals surface area (Å²) in [5, 5.41) is 39.9. The van der Waals surface area contributed by atoms with Gasteiger partial charge in [-0.2, -0.15) is 0 Å². The first-order valence-corrected chi connectivity index (χ1v) is 12.7. The zero-order valence-corrected chi connectivity index (χ0v) is 20.7. The number of phenols is 2. The molecule has 38 heavy (non-hydrogen) atoms. The molecule has 0 bridgehead atoms. The van der Waals surface area contributed by atoms with Gasteiger partial charge in [-0.05, 0) is 24.3 Å². The van der Waals surface area contributed by atoms with Gasteiger partial charge in [-0.25, -0.2) is 9.78 Å². The molecule has 0 spiro atoms. The van der Waals surface area contributed by atoms with Crippen molar-refractivity contribution in [2.75, 3.05) is 11.5 Å². The van der Waals surface area contributed by atoms with E-state index in [1.165, 1.54) is 47.5 Å². The second-order valence-corrected chi connectivity index (χ2v) is 9.98. The zero-order chi connectivity index (χ0) is 27.0. The van der Waals surface area contributed by atoms with Crippen LogP contribution in [0.4, 0.5) is 5.13 Å². The summed E-state index contributed by atoms with van der Waals surface area (Å²) >= 11 is 2.39. The Labute approximate surface area is 221 Å². The molecule has 6 N–H and O–H groups in total. The number of aliphatic carboxylic acids is 1. The highest BCUT2D eigenvalue weighted by Crippen LogP contribution is 2.37. The number of carboxylic acid groups (broad SMARTS) is 1. The Morgan fingerprint density at radius 2 is 2.11 bits per heavy atom. The highest BCUT2D eigenvalue weighted by molar-refractivity contribution is 8.00. The Balaban J connectivity index is 1.29. The van der Waals surface area contributed by atoms with Gasteiger partial charge in [-0.15, -0.1) is 23.1 Å². The summed E-state index contributed by atoms with van der Waals surface area (Å²) in [6.07, 6.45) is 1.44. The van der Waals surface area contributed by atoms with Gasteiger partial charge in [0.15, 0.2) is 34.7 Å². The lowest BCUT2D eigenvalue weighted by Crippen LogP contribution is -2.70. The molecule has 3 aromatic rings. The maximum Gasteiger partial charge on any atom is 0.352 e. The minimum absolute atomic E-state index is 0.119. The van der Waals surface area contributed by atoms with Crippen molar-refractivity contribution in [3.63, 3.8) is 0 Å². The number of anilines is 1. The number of rotatable bonds is 8. The fourth-order valence-electron chi connectivity index (χ4n) is 3.71. The van der Waals surface area contributed by atoms with Crippen LogP contribution in [0, 0.1) is 0 Å². The van der Waals surface area contributed by atoms with Gasteiger partial charge >= 0.3 is 5.97 Å². The number of aromatic hydroxyl groups is 2. The highest BCUT2D eigenvalue weighted by atomic mass is 32.2. The van der Waals surface area contributed by atoms with Gasteiger partial charge in [0.25, 0.3) is 11.8 Å². The maximum absolute atomic E-state index is 13.1. The monoisotopic (exact) mass is 558 g/mol. The van der Waals surface area contributed by atoms with Gasteiger partial charge in [-0.3, -0.25) is 14.5 Å². The summed E-state index contributed by atoms with van der Waals surface area (Å²) < 4.78 is 5.21. The van der Waals surface area contributed by atoms with Crippen molar-refractivity contribution in [1.82, 2.24) is 20.4 Å². The lowest BCUT2D eigenvalue weighted by atomic mass is 10.0. The first-order valence-electron chi connectivity index (χ1n) is 10.8. The van der Waals surface area contributed by atoms with Crippen LogP contribution in [-0.2, 0) is 25.8 Å². The quantitative estimate of drug-likeness (QED) is 0.114. The van der Waals surface area contributed by atoms with E-state index in [1.807, 2.05) is 0 Å². The number of oxime groups is 1. The fraction of sp³-hybridized carbons (Fsp3) is 0.182. The Bertz CT molecular complexity index is 1500. The van der Waals surface area contributed by atoms with Crippen molar-refractivity contribution in [2.24, 2.45) is 5.16 Å². The molecule has 1 fully saturated rings. The van der Waals surface area contributed by atoms with Gasteiger partial charge in [0, 0.05) is 22.8 Å². The number of amides is 2. The third-order valence-electron chi connectivity index (χ3n) is 5.52. The lowest BCUT2D eigenvalue weighted by molar-refractivity contribution is -0.150. The third kappa shape index (κ3) is 4.73. The van der Waals surface area contributed by atoms with Crippen molar-refractivity contribution in [3.05, 3.63) is 52.9 Å². The van der Waals surface area contributed by atoms with Gasteiger partial charge in [0.1, 0.15) is 28.5 Å². The number of phenolic OH excluding ortho intramolecular Hbond substituents is 2. The molecule has 5 rings (SSSR count). The van der Waals surface area contributed by atoms with Crippen LogP contribution in [0.2, 0.25) is 0 Å². The molecule has 16 heteroatoms. The number of nitrogens with zero attached hydrogens (tertiary/aromatic N) is 4. The molecular formula is C22H18N6O8S2. The van der Waals surface area contributed by atoms with E-state index >= 15 is 0 Å².